The lowest BCUT2D eigenvalue weighted by molar-refractivity contribution is -0.187. The summed E-state index contributed by atoms with van der Waals surface area (Å²) in [6.45, 7) is 4.19. The molecule has 1 aromatic heterocycles. The van der Waals surface area contributed by atoms with Crippen LogP contribution in [0.2, 0.25) is 0 Å². The van der Waals surface area contributed by atoms with Gasteiger partial charge in [-0.1, -0.05) is 0 Å². The minimum atomic E-state index is -3.47. The highest BCUT2D eigenvalue weighted by Crippen LogP contribution is 2.31. The van der Waals surface area contributed by atoms with Gasteiger partial charge in [-0.3, -0.25) is 4.79 Å². The first-order chi connectivity index (χ1) is 15.0. The second-order valence-corrected chi connectivity index (χ2v) is 10.4. The molecule has 5 rings (SSSR count). The molecule has 0 saturated carbocycles. The van der Waals surface area contributed by atoms with Crippen molar-refractivity contribution in [2.24, 2.45) is 0 Å². The Balaban J connectivity index is 1.22. The monoisotopic (exact) mass is 448 g/mol. The molecule has 1 aromatic carbocycles. The van der Waals surface area contributed by atoms with Gasteiger partial charge in [0.1, 0.15) is 0 Å². The van der Waals surface area contributed by atoms with Gasteiger partial charge in [0.05, 0.1) is 35.5 Å². The van der Waals surface area contributed by atoms with E-state index in [1.54, 1.807) is 24.5 Å². The molecular weight excluding hydrogens is 420 g/mol. The first kappa shape index (κ1) is 20.9. The molecule has 0 aliphatic carbocycles. The molecule has 31 heavy (non-hydrogen) atoms. The summed E-state index contributed by atoms with van der Waals surface area (Å²) in [6.07, 6.45) is 5.27. The Morgan fingerprint density at radius 3 is 2.48 bits per heavy atom. The van der Waals surface area contributed by atoms with E-state index in [9.17, 15) is 13.2 Å². The van der Waals surface area contributed by atoms with Crippen molar-refractivity contribution in [2.75, 3.05) is 39.4 Å². The number of imidazole rings is 1. The van der Waals surface area contributed by atoms with Gasteiger partial charge in [0.15, 0.2) is 5.79 Å². The van der Waals surface area contributed by atoms with E-state index < -0.39 is 15.8 Å². The molecule has 9 nitrogen and oxygen atoms in total. The average Bonchev–Trinajstić information content (AvgIpc) is 3.54. The summed E-state index contributed by atoms with van der Waals surface area (Å²) in [5.74, 6) is -0.382. The van der Waals surface area contributed by atoms with E-state index in [1.165, 1.54) is 4.31 Å². The topological polar surface area (TPSA) is 94.0 Å². The Morgan fingerprint density at radius 1 is 1.06 bits per heavy atom. The zero-order chi connectivity index (χ0) is 21.5. The number of nitrogens with zero attached hydrogens (tertiary/aromatic N) is 4. The van der Waals surface area contributed by atoms with Crippen LogP contribution < -0.4 is 0 Å². The summed E-state index contributed by atoms with van der Waals surface area (Å²) in [7, 11) is -3.47. The van der Waals surface area contributed by atoms with E-state index in [4.69, 9.17) is 9.47 Å². The SMILES string of the molecule is O=C(CCn1cnc2cc(S(=O)(=O)N3CCCC3)ccc21)N1CCC2(CC1)OCCO2. The molecule has 168 valence electrons. The molecule has 3 fully saturated rings. The fourth-order valence-electron chi connectivity index (χ4n) is 4.72. The maximum Gasteiger partial charge on any atom is 0.243 e. The van der Waals surface area contributed by atoms with Crippen molar-refractivity contribution in [1.29, 1.82) is 0 Å². The van der Waals surface area contributed by atoms with Crippen molar-refractivity contribution in [2.45, 2.75) is 49.3 Å². The second-order valence-electron chi connectivity index (χ2n) is 8.44. The van der Waals surface area contributed by atoms with Crippen molar-refractivity contribution < 1.29 is 22.7 Å². The number of aromatic nitrogens is 2. The summed E-state index contributed by atoms with van der Waals surface area (Å²) in [4.78, 5) is 19.2. The number of fused-ring (bicyclic) bond motifs is 1. The quantitative estimate of drug-likeness (QED) is 0.689. The Kier molecular flexibility index (Phi) is 5.49. The van der Waals surface area contributed by atoms with E-state index in [0.717, 1.165) is 18.4 Å². The second kappa shape index (κ2) is 8.16. The van der Waals surface area contributed by atoms with Crippen molar-refractivity contribution >= 4 is 27.0 Å². The number of ether oxygens (including phenoxy) is 2. The van der Waals surface area contributed by atoms with E-state index in [2.05, 4.69) is 4.98 Å². The normalized spacial score (nSPS) is 22.0. The van der Waals surface area contributed by atoms with Crippen molar-refractivity contribution in [1.82, 2.24) is 18.8 Å². The van der Waals surface area contributed by atoms with Crippen LogP contribution in [0.5, 0.6) is 0 Å². The number of hydrogen-bond acceptors (Lipinski definition) is 6. The third-order valence-corrected chi connectivity index (χ3v) is 8.45. The number of piperidine rings is 1. The predicted octanol–water partition coefficient (Wildman–Crippen LogP) is 1.58. The Morgan fingerprint density at radius 2 is 1.77 bits per heavy atom. The third kappa shape index (κ3) is 3.97. The minimum Gasteiger partial charge on any atom is -0.347 e. The molecule has 1 amide bonds. The summed E-state index contributed by atoms with van der Waals surface area (Å²) >= 11 is 0. The minimum absolute atomic E-state index is 0.0999. The Labute approximate surface area is 182 Å². The van der Waals surface area contributed by atoms with E-state index in [0.29, 0.717) is 70.7 Å². The number of carbonyl (C=O) groups excluding carboxylic acids is 1. The van der Waals surface area contributed by atoms with Gasteiger partial charge in [0, 0.05) is 52.0 Å². The van der Waals surface area contributed by atoms with E-state index in [1.807, 2.05) is 9.47 Å². The number of rotatable bonds is 5. The molecule has 3 aliphatic heterocycles. The number of sulfonamides is 1. The van der Waals surface area contributed by atoms with Gasteiger partial charge in [0.25, 0.3) is 0 Å². The molecule has 0 unspecified atom stereocenters. The number of hydrogen-bond donors (Lipinski definition) is 0. The van der Waals surface area contributed by atoms with Gasteiger partial charge in [0.2, 0.25) is 15.9 Å². The number of amides is 1. The zero-order valence-corrected chi connectivity index (χ0v) is 18.3. The highest BCUT2D eigenvalue weighted by molar-refractivity contribution is 7.89. The molecule has 10 heteroatoms. The lowest BCUT2D eigenvalue weighted by atomic mass is 10.0. The number of likely N-dealkylation sites (tertiary alicyclic amines) is 1. The summed E-state index contributed by atoms with van der Waals surface area (Å²) < 4.78 is 40.5. The largest absolute Gasteiger partial charge is 0.347 e. The number of aryl methyl sites for hydroxylation is 1. The number of benzene rings is 1. The van der Waals surface area contributed by atoms with Crippen LogP contribution in [0.15, 0.2) is 29.4 Å². The summed E-state index contributed by atoms with van der Waals surface area (Å²) in [5, 5.41) is 0. The standard InChI is InChI=1S/C21H28N4O5S/c26-20(23-11-6-21(7-12-23)29-13-14-30-21)5-10-24-16-22-18-15-17(3-4-19(18)24)31(27,28)25-8-1-2-9-25/h3-4,15-16H,1-2,5-14H2. The molecule has 0 N–H and O–H groups in total. The van der Waals surface area contributed by atoms with Crippen LogP contribution in [0.4, 0.5) is 0 Å². The van der Waals surface area contributed by atoms with Crippen LogP contribution in [0, 0.1) is 0 Å². The Hall–Kier alpha value is -2.01. The van der Waals surface area contributed by atoms with Crippen LogP contribution in [0.25, 0.3) is 11.0 Å². The zero-order valence-electron chi connectivity index (χ0n) is 17.5. The molecule has 2 aromatic rings. The lowest BCUT2D eigenvalue weighted by Crippen LogP contribution is -2.47. The van der Waals surface area contributed by atoms with Crippen molar-refractivity contribution in [3.05, 3.63) is 24.5 Å². The summed E-state index contributed by atoms with van der Waals surface area (Å²) in [6, 6.07) is 5.06. The molecule has 0 radical (unpaired) electrons. The van der Waals surface area contributed by atoms with Crippen LogP contribution in [0.1, 0.15) is 32.1 Å². The fourth-order valence-corrected chi connectivity index (χ4v) is 6.25. The average molecular weight is 449 g/mol. The first-order valence-corrected chi connectivity index (χ1v) is 12.4. The number of carbonyl (C=O) groups is 1. The molecule has 3 saturated heterocycles. The molecule has 0 bridgehead atoms. The predicted molar refractivity (Wildman–Crippen MR) is 113 cm³/mol. The first-order valence-electron chi connectivity index (χ1n) is 11.0. The van der Waals surface area contributed by atoms with Crippen molar-refractivity contribution in [3.8, 4) is 0 Å². The molecule has 4 heterocycles. The smallest absolute Gasteiger partial charge is 0.243 e. The summed E-state index contributed by atoms with van der Waals surface area (Å²) in [5.41, 5.74) is 1.46. The highest BCUT2D eigenvalue weighted by atomic mass is 32.2. The Bertz CT molecular complexity index is 1060. The van der Waals surface area contributed by atoms with Gasteiger partial charge in [-0.05, 0) is 31.0 Å². The molecule has 1 spiro atoms. The molecule has 0 atom stereocenters. The fraction of sp³-hybridized carbons (Fsp3) is 0.619. The third-order valence-electron chi connectivity index (χ3n) is 6.55. The van der Waals surface area contributed by atoms with Gasteiger partial charge in [-0.2, -0.15) is 4.31 Å². The van der Waals surface area contributed by atoms with Crippen LogP contribution in [-0.2, 0) is 30.8 Å². The van der Waals surface area contributed by atoms with Gasteiger partial charge in [-0.15, -0.1) is 0 Å². The maximum absolute atomic E-state index is 12.8. The lowest BCUT2D eigenvalue weighted by Gasteiger charge is -2.37. The van der Waals surface area contributed by atoms with Gasteiger partial charge in [-0.25, -0.2) is 13.4 Å². The van der Waals surface area contributed by atoms with Gasteiger partial charge >= 0.3 is 0 Å². The van der Waals surface area contributed by atoms with Crippen LogP contribution in [-0.4, -0.2) is 78.3 Å². The maximum atomic E-state index is 12.8. The van der Waals surface area contributed by atoms with Crippen molar-refractivity contribution in [3.63, 3.8) is 0 Å². The highest BCUT2D eigenvalue weighted by Gasteiger charge is 2.40. The van der Waals surface area contributed by atoms with E-state index >= 15 is 0 Å². The van der Waals surface area contributed by atoms with Crippen LogP contribution in [0.3, 0.4) is 0 Å². The van der Waals surface area contributed by atoms with E-state index in [-0.39, 0.29) is 10.8 Å². The van der Waals surface area contributed by atoms with Gasteiger partial charge < -0.3 is 18.9 Å². The molecular formula is C21H28N4O5S. The molecule has 3 aliphatic rings. The van der Waals surface area contributed by atoms with Crippen LogP contribution >= 0.6 is 0 Å².